The number of benzene rings is 1. The maximum absolute atomic E-state index is 13.5. The van der Waals surface area contributed by atoms with E-state index in [0.29, 0.717) is 18.8 Å². The number of amides is 1. The molecule has 1 aliphatic rings. The van der Waals surface area contributed by atoms with Gasteiger partial charge in [-0.25, -0.2) is 4.39 Å². The van der Waals surface area contributed by atoms with Crippen LogP contribution in [-0.4, -0.2) is 40.9 Å². The summed E-state index contributed by atoms with van der Waals surface area (Å²) >= 11 is 0. The first kappa shape index (κ1) is 15.4. The van der Waals surface area contributed by atoms with Gasteiger partial charge < -0.3 is 15.3 Å². The van der Waals surface area contributed by atoms with E-state index in [1.165, 1.54) is 19.2 Å². The van der Waals surface area contributed by atoms with Gasteiger partial charge in [0.1, 0.15) is 5.82 Å². The Bertz CT molecular complexity index is 707. The quantitative estimate of drug-likeness (QED) is 0.892. The minimum Gasteiger partial charge on any atom is -0.391 e. The number of aromatic nitrogens is 2. The molecule has 2 aromatic rings. The Morgan fingerprint density at radius 1 is 1.35 bits per heavy atom. The Kier molecular flexibility index (Phi) is 4.20. The average Bonchev–Trinajstić information content (AvgIpc) is 2.96. The molecule has 6 nitrogen and oxygen atoms in total. The molecule has 1 amide bonds. The van der Waals surface area contributed by atoms with Crippen LogP contribution in [0, 0.1) is 5.82 Å². The van der Waals surface area contributed by atoms with Crippen LogP contribution in [0.3, 0.4) is 0 Å². The predicted molar refractivity (Wildman–Crippen MR) is 82.5 cm³/mol. The fourth-order valence-corrected chi connectivity index (χ4v) is 2.82. The molecule has 0 aliphatic carbocycles. The molecule has 1 aromatic heterocycles. The molecule has 2 heterocycles. The summed E-state index contributed by atoms with van der Waals surface area (Å²) in [5.41, 5.74) is 0.997. The lowest BCUT2D eigenvalue weighted by Crippen LogP contribution is -2.26. The van der Waals surface area contributed by atoms with E-state index >= 15 is 0 Å². The van der Waals surface area contributed by atoms with Crippen LogP contribution in [0.2, 0.25) is 0 Å². The Morgan fingerprint density at radius 3 is 2.83 bits per heavy atom. The van der Waals surface area contributed by atoms with Gasteiger partial charge in [0.15, 0.2) is 11.5 Å². The lowest BCUT2D eigenvalue weighted by atomic mass is 10.0. The monoisotopic (exact) mass is 316 g/mol. The maximum atomic E-state index is 13.5. The zero-order valence-corrected chi connectivity index (χ0v) is 12.6. The van der Waals surface area contributed by atoms with Crippen LogP contribution in [0.5, 0.6) is 0 Å². The number of aliphatic hydroxyl groups excluding tert-OH is 1. The highest BCUT2D eigenvalue weighted by Crippen LogP contribution is 2.35. The second kappa shape index (κ2) is 6.29. The zero-order chi connectivity index (χ0) is 16.4. The number of halogens is 1. The number of carbonyl (C=O) groups excluding carboxylic acids is 1. The van der Waals surface area contributed by atoms with Gasteiger partial charge in [-0.05, 0) is 36.2 Å². The first-order valence-electron chi connectivity index (χ1n) is 7.34. The lowest BCUT2D eigenvalue weighted by Gasteiger charge is -2.25. The molecule has 0 bridgehead atoms. The van der Waals surface area contributed by atoms with Crippen LogP contribution in [0.25, 0.3) is 0 Å². The van der Waals surface area contributed by atoms with Crippen LogP contribution >= 0.6 is 0 Å². The normalized spacial score (nSPS) is 20.6. The highest BCUT2D eigenvalue weighted by molar-refractivity contribution is 5.91. The molecule has 1 aromatic carbocycles. The SMILES string of the molecule is CNC(=O)c1ccc(N2C[C@H](O)C[C@@H]2c2cccc(F)c2)nn1. The minimum atomic E-state index is -0.524. The number of nitrogens with one attached hydrogen (secondary N) is 1. The second-order valence-electron chi connectivity index (χ2n) is 5.47. The molecule has 23 heavy (non-hydrogen) atoms. The molecule has 2 N–H and O–H groups in total. The Balaban J connectivity index is 1.89. The summed E-state index contributed by atoms with van der Waals surface area (Å²) in [6, 6.07) is 9.40. The van der Waals surface area contributed by atoms with Crippen molar-refractivity contribution in [2.75, 3.05) is 18.5 Å². The zero-order valence-electron chi connectivity index (χ0n) is 12.6. The van der Waals surface area contributed by atoms with E-state index in [1.807, 2.05) is 11.0 Å². The van der Waals surface area contributed by atoms with E-state index in [0.717, 1.165) is 5.56 Å². The van der Waals surface area contributed by atoms with Gasteiger partial charge in [0, 0.05) is 13.6 Å². The number of hydrogen-bond acceptors (Lipinski definition) is 5. The summed E-state index contributed by atoms with van der Waals surface area (Å²) in [7, 11) is 1.52. The summed E-state index contributed by atoms with van der Waals surface area (Å²) in [6.45, 7) is 0.384. The summed E-state index contributed by atoms with van der Waals surface area (Å²) in [5.74, 6) is -0.0828. The van der Waals surface area contributed by atoms with Gasteiger partial charge in [-0.3, -0.25) is 4.79 Å². The number of β-amino-alcohol motifs (C(OH)–C–C–N with tert-alkyl or cyclic N) is 1. The summed E-state index contributed by atoms with van der Waals surface area (Å²) in [5, 5.41) is 20.5. The number of aliphatic hydroxyl groups is 1. The molecule has 0 spiro atoms. The van der Waals surface area contributed by atoms with Crippen LogP contribution in [0.15, 0.2) is 36.4 Å². The van der Waals surface area contributed by atoms with Crippen molar-refractivity contribution in [1.29, 1.82) is 0 Å². The molecular weight excluding hydrogens is 299 g/mol. The highest BCUT2D eigenvalue weighted by Gasteiger charge is 2.33. The number of nitrogens with zero attached hydrogens (tertiary/aromatic N) is 3. The molecular formula is C16H17FN4O2. The molecule has 1 aliphatic heterocycles. The van der Waals surface area contributed by atoms with Gasteiger partial charge >= 0.3 is 0 Å². The van der Waals surface area contributed by atoms with Crippen LogP contribution in [-0.2, 0) is 0 Å². The summed E-state index contributed by atoms with van der Waals surface area (Å²) in [4.78, 5) is 13.4. The first-order chi connectivity index (χ1) is 11.1. The van der Waals surface area contributed by atoms with E-state index in [2.05, 4.69) is 15.5 Å². The van der Waals surface area contributed by atoms with E-state index in [9.17, 15) is 14.3 Å². The van der Waals surface area contributed by atoms with Crippen LogP contribution in [0.1, 0.15) is 28.5 Å². The third kappa shape index (κ3) is 3.14. The molecule has 2 atom stereocenters. The standard InChI is InChI=1S/C16H17FN4O2/c1-18-16(23)13-5-6-15(20-19-13)21-9-12(22)8-14(21)10-3-2-4-11(17)7-10/h2-7,12,14,22H,8-9H2,1H3,(H,18,23)/t12-,14-/m1/s1. The Labute approximate surface area is 133 Å². The minimum absolute atomic E-state index is 0.180. The van der Waals surface area contributed by atoms with Crippen LogP contribution < -0.4 is 10.2 Å². The van der Waals surface area contributed by atoms with Crippen molar-refractivity contribution in [3.8, 4) is 0 Å². The van der Waals surface area contributed by atoms with E-state index in [4.69, 9.17) is 0 Å². The smallest absolute Gasteiger partial charge is 0.271 e. The van der Waals surface area contributed by atoms with Gasteiger partial charge in [0.2, 0.25) is 0 Å². The number of carbonyl (C=O) groups is 1. The molecule has 0 saturated carbocycles. The molecule has 0 unspecified atom stereocenters. The highest BCUT2D eigenvalue weighted by atomic mass is 19.1. The topological polar surface area (TPSA) is 78.4 Å². The van der Waals surface area contributed by atoms with Crippen molar-refractivity contribution in [2.24, 2.45) is 0 Å². The Hall–Kier alpha value is -2.54. The summed E-state index contributed by atoms with van der Waals surface area (Å²) < 4.78 is 13.5. The van der Waals surface area contributed by atoms with Crippen molar-refractivity contribution in [1.82, 2.24) is 15.5 Å². The van der Waals surface area contributed by atoms with Gasteiger partial charge in [-0.15, -0.1) is 10.2 Å². The molecule has 1 fully saturated rings. The van der Waals surface area contributed by atoms with Gasteiger partial charge in [-0.2, -0.15) is 0 Å². The largest absolute Gasteiger partial charge is 0.391 e. The van der Waals surface area contributed by atoms with Gasteiger partial charge in [0.25, 0.3) is 5.91 Å². The maximum Gasteiger partial charge on any atom is 0.271 e. The first-order valence-corrected chi connectivity index (χ1v) is 7.34. The molecule has 120 valence electrons. The van der Waals surface area contributed by atoms with Crippen molar-refractivity contribution in [3.63, 3.8) is 0 Å². The number of hydrogen-bond donors (Lipinski definition) is 2. The van der Waals surface area contributed by atoms with E-state index in [-0.39, 0.29) is 23.5 Å². The van der Waals surface area contributed by atoms with Crippen LogP contribution in [0.4, 0.5) is 10.2 Å². The lowest BCUT2D eigenvalue weighted by molar-refractivity contribution is 0.0957. The van der Waals surface area contributed by atoms with Gasteiger partial charge in [-0.1, -0.05) is 12.1 Å². The third-order valence-corrected chi connectivity index (χ3v) is 3.92. The van der Waals surface area contributed by atoms with Crippen molar-refractivity contribution in [3.05, 3.63) is 53.5 Å². The third-order valence-electron chi connectivity index (χ3n) is 3.92. The fourth-order valence-electron chi connectivity index (χ4n) is 2.82. The molecule has 1 saturated heterocycles. The molecule has 3 rings (SSSR count). The fraction of sp³-hybridized carbons (Fsp3) is 0.312. The molecule has 7 heteroatoms. The molecule has 0 radical (unpaired) electrons. The predicted octanol–water partition coefficient (Wildman–Crippen LogP) is 1.29. The van der Waals surface area contributed by atoms with Crippen molar-refractivity contribution < 1.29 is 14.3 Å². The number of rotatable bonds is 3. The average molecular weight is 316 g/mol. The summed E-state index contributed by atoms with van der Waals surface area (Å²) in [6.07, 6.45) is -0.0359. The van der Waals surface area contributed by atoms with Crippen molar-refractivity contribution in [2.45, 2.75) is 18.6 Å². The second-order valence-corrected chi connectivity index (χ2v) is 5.47. The Morgan fingerprint density at radius 2 is 2.17 bits per heavy atom. The van der Waals surface area contributed by atoms with E-state index < -0.39 is 6.10 Å². The number of anilines is 1. The van der Waals surface area contributed by atoms with Crippen molar-refractivity contribution >= 4 is 11.7 Å². The van der Waals surface area contributed by atoms with Gasteiger partial charge in [0.05, 0.1) is 12.1 Å². The van der Waals surface area contributed by atoms with E-state index in [1.54, 1.807) is 18.2 Å².